The highest BCUT2D eigenvalue weighted by Gasteiger charge is 2.28. The molecule has 7 nitrogen and oxygen atoms in total. The lowest BCUT2D eigenvalue weighted by molar-refractivity contribution is -0.136. The number of piperazine rings is 1. The maximum atomic E-state index is 12.6. The van der Waals surface area contributed by atoms with Gasteiger partial charge in [-0.2, -0.15) is 4.98 Å². The van der Waals surface area contributed by atoms with Crippen LogP contribution in [0.2, 0.25) is 0 Å². The van der Waals surface area contributed by atoms with Crippen molar-refractivity contribution in [1.29, 1.82) is 0 Å². The van der Waals surface area contributed by atoms with Gasteiger partial charge in [0.25, 0.3) is 0 Å². The van der Waals surface area contributed by atoms with Gasteiger partial charge < -0.3 is 9.42 Å². The van der Waals surface area contributed by atoms with Crippen molar-refractivity contribution in [2.24, 2.45) is 0 Å². The van der Waals surface area contributed by atoms with E-state index in [0.29, 0.717) is 24.3 Å². The van der Waals surface area contributed by atoms with Crippen LogP contribution in [0, 0.1) is 6.92 Å². The third-order valence-electron chi connectivity index (χ3n) is 5.34. The molecule has 1 aromatic rings. The van der Waals surface area contributed by atoms with Gasteiger partial charge in [-0.05, 0) is 40.0 Å². The number of nitrogens with zero attached hydrogens (tertiary/aromatic N) is 5. The predicted molar refractivity (Wildman–Crippen MR) is 90.5 cm³/mol. The zero-order chi connectivity index (χ0) is 17.1. The Morgan fingerprint density at radius 1 is 1.25 bits per heavy atom. The normalized spacial score (nSPS) is 25.0. The highest BCUT2D eigenvalue weighted by Crippen LogP contribution is 2.21. The van der Waals surface area contributed by atoms with Crippen molar-refractivity contribution in [3.8, 4) is 0 Å². The largest absolute Gasteiger partial charge is 0.339 e. The summed E-state index contributed by atoms with van der Waals surface area (Å²) in [5.74, 6) is 1.65. The second-order valence-corrected chi connectivity index (χ2v) is 7.10. The average Bonchev–Trinajstić information content (AvgIpc) is 3.02. The van der Waals surface area contributed by atoms with E-state index in [1.165, 1.54) is 6.42 Å². The van der Waals surface area contributed by atoms with Gasteiger partial charge in [0.1, 0.15) is 0 Å². The van der Waals surface area contributed by atoms with Gasteiger partial charge in [0.15, 0.2) is 5.82 Å². The quantitative estimate of drug-likeness (QED) is 0.830. The molecule has 3 heterocycles. The molecule has 7 heteroatoms. The molecule has 2 atom stereocenters. The Bertz CT molecular complexity index is 553. The highest BCUT2D eigenvalue weighted by molar-refractivity contribution is 5.78. The smallest absolute Gasteiger partial charge is 0.243 e. The molecule has 0 saturated carbocycles. The third-order valence-corrected chi connectivity index (χ3v) is 5.34. The molecule has 0 aliphatic carbocycles. The van der Waals surface area contributed by atoms with E-state index in [4.69, 9.17) is 4.52 Å². The molecule has 3 rings (SSSR count). The molecule has 2 aliphatic rings. The minimum atomic E-state index is 0.131. The molecule has 0 radical (unpaired) electrons. The summed E-state index contributed by atoms with van der Waals surface area (Å²) in [6.07, 6.45) is 3.53. The zero-order valence-electron chi connectivity index (χ0n) is 15.1. The van der Waals surface area contributed by atoms with Crippen LogP contribution in [0.1, 0.15) is 50.9 Å². The van der Waals surface area contributed by atoms with Crippen LogP contribution < -0.4 is 0 Å². The molecule has 0 aromatic carbocycles. The van der Waals surface area contributed by atoms with E-state index in [-0.39, 0.29) is 11.9 Å². The fraction of sp³-hybridized carbons (Fsp3) is 0.824. The standard InChI is InChI=1S/C17H29N5O2/c1-13-6-4-5-7-22(13)16(23)12-20-8-10-21(11-9-20)14(2)17-18-15(3)19-24-17/h13-14H,4-12H2,1-3H3. The van der Waals surface area contributed by atoms with Gasteiger partial charge in [-0.1, -0.05) is 5.16 Å². The Morgan fingerprint density at radius 3 is 2.62 bits per heavy atom. The van der Waals surface area contributed by atoms with Crippen LogP contribution in [-0.2, 0) is 4.79 Å². The Morgan fingerprint density at radius 2 is 2.00 bits per heavy atom. The van der Waals surface area contributed by atoms with E-state index in [9.17, 15) is 4.79 Å². The molecule has 2 fully saturated rings. The summed E-state index contributed by atoms with van der Waals surface area (Å²) in [6, 6.07) is 0.527. The molecular formula is C17H29N5O2. The first-order valence-corrected chi connectivity index (χ1v) is 9.10. The fourth-order valence-electron chi connectivity index (χ4n) is 3.70. The maximum absolute atomic E-state index is 12.6. The van der Waals surface area contributed by atoms with Crippen molar-refractivity contribution < 1.29 is 9.32 Å². The Hall–Kier alpha value is -1.47. The number of carbonyl (C=O) groups excluding carboxylic acids is 1. The van der Waals surface area contributed by atoms with Crippen LogP contribution in [0.4, 0.5) is 0 Å². The molecule has 134 valence electrons. The molecule has 0 spiro atoms. The summed E-state index contributed by atoms with van der Waals surface area (Å²) in [5.41, 5.74) is 0. The first-order valence-electron chi connectivity index (χ1n) is 9.10. The first-order chi connectivity index (χ1) is 11.5. The van der Waals surface area contributed by atoms with Crippen molar-refractivity contribution in [3.05, 3.63) is 11.7 Å². The number of aryl methyl sites for hydroxylation is 1. The summed E-state index contributed by atoms with van der Waals surface area (Å²) in [4.78, 5) is 23.6. The minimum Gasteiger partial charge on any atom is -0.339 e. The van der Waals surface area contributed by atoms with E-state index >= 15 is 0 Å². The zero-order valence-corrected chi connectivity index (χ0v) is 15.1. The number of rotatable bonds is 4. The molecule has 1 amide bonds. The molecule has 1 aromatic heterocycles. The van der Waals surface area contributed by atoms with E-state index in [0.717, 1.165) is 45.6 Å². The molecular weight excluding hydrogens is 306 g/mol. The van der Waals surface area contributed by atoms with Gasteiger partial charge in [0.05, 0.1) is 12.6 Å². The van der Waals surface area contributed by atoms with E-state index in [2.05, 4.69) is 38.7 Å². The second-order valence-electron chi connectivity index (χ2n) is 7.10. The van der Waals surface area contributed by atoms with Crippen LogP contribution in [0.3, 0.4) is 0 Å². The van der Waals surface area contributed by atoms with Crippen LogP contribution in [0.15, 0.2) is 4.52 Å². The number of amides is 1. The first kappa shape index (κ1) is 17.4. The molecule has 2 aliphatic heterocycles. The van der Waals surface area contributed by atoms with Crippen LogP contribution in [0.25, 0.3) is 0 Å². The van der Waals surface area contributed by atoms with Crippen molar-refractivity contribution >= 4 is 5.91 Å². The summed E-state index contributed by atoms with van der Waals surface area (Å²) in [7, 11) is 0. The fourth-order valence-corrected chi connectivity index (χ4v) is 3.70. The number of hydrogen-bond acceptors (Lipinski definition) is 6. The van der Waals surface area contributed by atoms with Gasteiger partial charge in [-0.15, -0.1) is 0 Å². The van der Waals surface area contributed by atoms with Gasteiger partial charge in [-0.25, -0.2) is 0 Å². The number of piperidine rings is 1. The summed E-state index contributed by atoms with van der Waals surface area (Å²) >= 11 is 0. The number of aromatic nitrogens is 2. The summed E-state index contributed by atoms with van der Waals surface area (Å²) in [6.45, 7) is 11.2. The van der Waals surface area contributed by atoms with E-state index in [1.807, 2.05) is 6.92 Å². The molecule has 24 heavy (non-hydrogen) atoms. The van der Waals surface area contributed by atoms with E-state index < -0.39 is 0 Å². The Balaban J connectivity index is 1.47. The lowest BCUT2D eigenvalue weighted by Crippen LogP contribution is -2.52. The van der Waals surface area contributed by atoms with Crippen molar-refractivity contribution in [2.75, 3.05) is 39.3 Å². The molecule has 2 unspecified atom stereocenters. The molecule has 0 bridgehead atoms. The SMILES string of the molecule is Cc1noc(C(C)N2CCN(CC(=O)N3CCCCC3C)CC2)n1. The molecule has 2 saturated heterocycles. The topological polar surface area (TPSA) is 65.7 Å². The lowest BCUT2D eigenvalue weighted by Gasteiger charge is -2.39. The number of hydrogen-bond donors (Lipinski definition) is 0. The van der Waals surface area contributed by atoms with Crippen LogP contribution in [-0.4, -0.2) is 76.1 Å². The minimum absolute atomic E-state index is 0.131. The third kappa shape index (κ3) is 3.95. The Kier molecular flexibility index (Phi) is 5.50. The van der Waals surface area contributed by atoms with Gasteiger partial charge in [0, 0.05) is 38.8 Å². The van der Waals surface area contributed by atoms with Crippen molar-refractivity contribution in [3.63, 3.8) is 0 Å². The predicted octanol–water partition coefficient (Wildman–Crippen LogP) is 1.46. The van der Waals surface area contributed by atoms with Crippen LogP contribution in [0.5, 0.6) is 0 Å². The highest BCUT2D eigenvalue weighted by atomic mass is 16.5. The van der Waals surface area contributed by atoms with Gasteiger partial charge in [0.2, 0.25) is 11.8 Å². The maximum Gasteiger partial charge on any atom is 0.243 e. The monoisotopic (exact) mass is 335 g/mol. The molecule has 0 N–H and O–H groups in total. The number of carbonyl (C=O) groups is 1. The van der Waals surface area contributed by atoms with Crippen molar-refractivity contribution in [2.45, 2.75) is 52.1 Å². The van der Waals surface area contributed by atoms with Crippen molar-refractivity contribution in [1.82, 2.24) is 24.8 Å². The summed E-state index contributed by atoms with van der Waals surface area (Å²) < 4.78 is 5.28. The van der Waals surface area contributed by atoms with Gasteiger partial charge >= 0.3 is 0 Å². The summed E-state index contributed by atoms with van der Waals surface area (Å²) in [5, 5.41) is 3.87. The average molecular weight is 335 g/mol. The van der Waals surface area contributed by atoms with Gasteiger partial charge in [-0.3, -0.25) is 14.6 Å². The number of likely N-dealkylation sites (tertiary alicyclic amines) is 1. The van der Waals surface area contributed by atoms with Crippen LogP contribution >= 0.6 is 0 Å². The second kappa shape index (κ2) is 7.61. The van der Waals surface area contributed by atoms with E-state index in [1.54, 1.807) is 0 Å². The lowest BCUT2D eigenvalue weighted by atomic mass is 10.0. The Labute approximate surface area is 144 Å².